The molecule has 0 spiro atoms. The van der Waals surface area contributed by atoms with E-state index in [0.29, 0.717) is 24.2 Å². The van der Waals surface area contributed by atoms with Gasteiger partial charge in [-0.3, -0.25) is 4.79 Å². The van der Waals surface area contributed by atoms with E-state index in [9.17, 15) is 4.79 Å². The first-order valence-corrected chi connectivity index (χ1v) is 10.7. The van der Waals surface area contributed by atoms with Crippen molar-refractivity contribution in [2.75, 3.05) is 11.1 Å². The van der Waals surface area contributed by atoms with Crippen molar-refractivity contribution >= 4 is 23.4 Å². The van der Waals surface area contributed by atoms with Crippen molar-refractivity contribution in [1.29, 1.82) is 0 Å². The fourth-order valence-corrected chi connectivity index (χ4v) is 3.77. The van der Waals surface area contributed by atoms with Crippen LogP contribution in [0.25, 0.3) is 0 Å². The number of hydrogen-bond donors (Lipinski definition) is 1. The van der Waals surface area contributed by atoms with Crippen molar-refractivity contribution in [1.82, 2.24) is 14.8 Å². The number of amides is 1. The molecule has 1 aromatic heterocycles. The second-order valence-corrected chi connectivity index (χ2v) is 7.77. The number of aromatic nitrogens is 3. The number of benzene rings is 2. The van der Waals surface area contributed by atoms with E-state index in [1.165, 1.54) is 11.8 Å². The molecular weight excluding hydrogens is 384 g/mol. The summed E-state index contributed by atoms with van der Waals surface area (Å²) in [5.74, 6) is 2.08. The lowest BCUT2D eigenvalue weighted by Crippen LogP contribution is -2.16. The highest BCUT2D eigenvalue weighted by molar-refractivity contribution is 7.99. The van der Waals surface area contributed by atoms with E-state index >= 15 is 0 Å². The van der Waals surface area contributed by atoms with Gasteiger partial charge < -0.3 is 14.6 Å². The molecule has 1 heterocycles. The maximum absolute atomic E-state index is 12.5. The Labute approximate surface area is 175 Å². The number of rotatable bonds is 9. The highest BCUT2D eigenvalue weighted by Crippen LogP contribution is 2.24. The first-order chi connectivity index (χ1) is 14.1. The molecular formula is C22H26N4O2S. The van der Waals surface area contributed by atoms with Crippen molar-refractivity contribution in [3.05, 3.63) is 66.0 Å². The zero-order valence-corrected chi connectivity index (χ0v) is 17.8. The van der Waals surface area contributed by atoms with E-state index in [0.717, 1.165) is 22.8 Å². The molecule has 152 valence electrons. The van der Waals surface area contributed by atoms with Crippen LogP contribution >= 0.6 is 11.8 Å². The van der Waals surface area contributed by atoms with Gasteiger partial charge in [0.2, 0.25) is 5.91 Å². The average Bonchev–Trinajstić information content (AvgIpc) is 3.13. The molecule has 0 radical (unpaired) electrons. The molecule has 0 unspecified atom stereocenters. The van der Waals surface area contributed by atoms with Crippen LogP contribution in [0, 0.1) is 0 Å². The van der Waals surface area contributed by atoms with Gasteiger partial charge in [0.05, 0.1) is 5.75 Å². The van der Waals surface area contributed by atoms with E-state index in [2.05, 4.69) is 29.4 Å². The predicted molar refractivity (Wildman–Crippen MR) is 116 cm³/mol. The van der Waals surface area contributed by atoms with Crippen LogP contribution in [0.1, 0.15) is 38.1 Å². The molecule has 1 N–H and O–H groups in total. The highest BCUT2D eigenvalue weighted by Gasteiger charge is 2.15. The molecule has 0 aliphatic rings. The largest absolute Gasteiger partial charge is 0.486 e. The summed E-state index contributed by atoms with van der Waals surface area (Å²) < 4.78 is 7.75. The smallest absolute Gasteiger partial charge is 0.234 e. The third-order valence-electron chi connectivity index (χ3n) is 4.41. The van der Waals surface area contributed by atoms with Crippen molar-refractivity contribution in [3.63, 3.8) is 0 Å². The van der Waals surface area contributed by atoms with Crippen LogP contribution in [0.5, 0.6) is 5.75 Å². The van der Waals surface area contributed by atoms with Crippen molar-refractivity contribution in [2.24, 2.45) is 0 Å². The quantitative estimate of drug-likeness (QED) is 0.517. The van der Waals surface area contributed by atoms with Gasteiger partial charge in [0.15, 0.2) is 11.0 Å². The summed E-state index contributed by atoms with van der Waals surface area (Å²) >= 11 is 1.38. The van der Waals surface area contributed by atoms with Gasteiger partial charge in [-0.15, -0.1) is 10.2 Å². The van der Waals surface area contributed by atoms with Crippen molar-refractivity contribution < 1.29 is 9.53 Å². The van der Waals surface area contributed by atoms with Gasteiger partial charge in [0.25, 0.3) is 0 Å². The lowest BCUT2D eigenvalue weighted by atomic mass is 10.0. The third kappa shape index (κ3) is 5.60. The highest BCUT2D eigenvalue weighted by atomic mass is 32.2. The number of nitrogens with one attached hydrogen (secondary N) is 1. The van der Waals surface area contributed by atoms with E-state index in [4.69, 9.17) is 4.74 Å². The number of para-hydroxylation sites is 2. The summed E-state index contributed by atoms with van der Waals surface area (Å²) in [6.07, 6.45) is 0. The zero-order chi connectivity index (χ0) is 20.6. The normalized spacial score (nSPS) is 10.9. The van der Waals surface area contributed by atoms with Crippen molar-refractivity contribution in [2.45, 2.75) is 45.0 Å². The fraction of sp³-hybridized carbons (Fsp3) is 0.318. The second-order valence-electron chi connectivity index (χ2n) is 6.82. The van der Waals surface area contributed by atoms with Gasteiger partial charge in [-0.05, 0) is 36.6 Å². The van der Waals surface area contributed by atoms with Crippen LogP contribution in [0.3, 0.4) is 0 Å². The van der Waals surface area contributed by atoms with Gasteiger partial charge >= 0.3 is 0 Å². The standard InChI is InChI=1S/C22H26N4O2S/c1-4-26-20(14-28-17-10-6-5-7-11-17)24-25-22(26)29-15-21(27)23-19-13-9-8-12-18(19)16(2)3/h5-13,16H,4,14-15H2,1-3H3,(H,23,27). The Bertz CT molecular complexity index is 941. The lowest BCUT2D eigenvalue weighted by molar-refractivity contribution is -0.113. The van der Waals surface area contributed by atoms with Gasteiger partial charge in [-0.1, -0.05) is 62.0 Å². The summed E-state index contributed by atoms with van der Waals surface area (Å²) in [5.41, 5.74) is 1.99. The van der Waals surface area contributed by atoms with Gasteiger partial charge in [-0.25, -0.2) is 0 Å². The minimum absolute atomic E-state index is 0.0594. The number of hydrogen-bond acceptors (Lipinski definition) is 5. The monoisotopic (exact) mass is 410 g/mol. The van der Waals surface area contributed by atoms with Gasteiger partial charge in [0, 0.05) is 12.2 Å². The van der Waals surface area contributed by atoms with Gasteiger partial charge in [-0.2, -0.15) is 0 Å². The second kappa shape index (κ2) is 10.1. The first kappa shape index (κ1) is 20.9. The van der Waals surface area contributed by atoms with E-state index in [1.807, 2.05) is 66.1 Å². The summed E-state index contributed by atoms with van der Waals surface area (Å²) in [5, 5.41) is 12.2. The van der Waals surface area contributed by atoms with Crippen LogP contribution in [0.4, 0.5) is 5.69 Å². The average molecular weight is 411 g/mol. The molecule has 0 aliphatic heterocycles. The molecule has 0 bridgehead atoms. The molecule has 3 aromatic rings. The minimum Gasteiger partial charge on any atom is -0.486 e. The SMILES string of the molecule is CCn1c(COc2ccccc2)nnc1SCC(=O)Nc1ccccc1C(C)C. The van der Waals surface area contributed by atoms with Gasteiger partial charge in [0.1, 0.15) is 12.4 Å². The summed E-state index contributed by atoms with van der Waals surface area (Å²) in [4.78, 5) is 12.5. The molecule has 0 saturated carbocycles. The molecule has 3 rings (SSSR count). The van der Waals surface area contributed by atoms with Crippen LogP contribution < -0.4 is 10.1 Å². The molecule has 0 fully saturated rings. The Hall–Kier alpha value is -2.80. The van der Waals surface area contributed by atoms with Crippen molar-refractivity contribution in [3.8, 4) is 5.75 Å². The topological polar surface area (TPSA) is 69.0 Å². The van der Waals surface area contributed by atoms with E-state index < -0.39 is 0 Å². The molecule has 7 heteroatoms. The molecule has 0 atom stereocenters. The molecule has 1 amide bonds. The van der Waals surface area contributed by atoms with Crippen LogP contribution in [-0.2, 0) is 17.9 Å². The summed E-state index contributed by atoms with van der Waals surface area (Å²) in [6.45, 7) is 7.30. The van der Waals surface area contributed by atoms with Crippen LogP contribution in [0.2, 0.25) is 0 Å². The van der Waals surface area contributed by atoms with E-state index in [1.54, 1.807) is 0 Å². The number of anilines is 1. The molecule has 29 heavy (non-hydrogen) atoms. The Morgan fingerprint density at radius 2 is 1.83 bits per heavy atom. The summed E-state index contributed by atoms with van der Waals surface area (Å²) in [7, 11) is 0. The van der Waals surface area contributed by atoms with E-state index in [-0.39, 0.29) is 11.7 Å². The first-order valence-electron chi connectivity index (χ1n) is 9.70. The zero-order valence-electron chi connectivity index (χ0n) is 17.0. The number of carbonyl (C=O) groups excluding carboxylic acids is 1. The Balaban J connectivity index is 1.59. The Morgan fingerprint density at radius 3 is 2.55 bits per heavy atom. The minimum atomic E-state index is -0.0594. The maximum atomic E-state index is 12.5. The number of ether oxygens (including phenoxy) is 1. The predicted octanol–water partition coefficient (Wildman–Crippen LogP) is 4.73. The number of nitrogens with zero attached hydrogens (tertiary/aromatic N) is 3. The molecule has 0 saturated heterocycles. The maximum Gasteiger partial charge on any atom is 0.234 e. The third-order valence-corrected chi connectivity index (χ3v) is 5.38. The molecule has 2 aromatic carbocycles. The fourth-order valence-electron chi connectivity index (χ4n) is 2.95. The molecule has 0 aliphatic carbocycles. The lowest BCUT2D eigenvalue weighted by Gasteiger charge is -2.13. The van der Waals surface area contributed by atoms with Crippen LogP contribution in [0.15, 0.2) is 59.8 Å². The summed E-state index contributed by atoms with van der Waals surface area (Å²) in [6, 6.07) is 17.5. The Morgan fingerprint density at radius 1 is 1.10 bits per heavy atom. The Kier molecular flexibility index (Phi) is 7.30. The van der Waals surface area contributed by atoms with Crippen LogP contribution in [-0.4, -0.2) is 26.4 Å². The number of thioether (sulfide) groups is 1. The number of carbonyl (C=O) groups is 1. The molecule has 6 nitrogen and oxygen atoms in total.